The first-order chi connectivity index (χ1) is 11.5. The lowest BCUT2D eigenvalue weighted by molar-refractivity contribution is -0.384. The Bertz CT molecular complexity index is 1000. The molecule has 0 aliphatic heterocycles. The van der Waals surface area contributed by atoms with Crippen LogP contribution in [0.3, 0.4) is 0 Å². The zero-order chi connectivity index (χ0) is 17.3. The van der Waals surface area contributed by atoms with E-state index in [0.29, 0.717) is 11.3 Å². The molecule has 7 nitrogen and oxygen atoms in total. The van der Waals surface area contributed by atoms with Gasteiger partial charge in [-0.25, -0.2) is 4.98 Å². The number of carbonyl (C=O) groups excluding carboxylic acids is 1. The number of nitro groups is 1. The number of fused-ring (bicyclic) bond motifs is 1. The lowest BCUT2D eigenvalue weighted by Gasteiger charge is -2.08. The second kappa shape index (κ2) is 5.93. The largest absolute Gasteiger partial charge is 0.330 e. The zero-order valence-corrected chi connectivity index (χ0v) is 12.7. The number of hydrogen-bond acceptors (Lipinski definition) is 5. The van der Waals surface area contributed by atoms with Crippen LogP contribution in [0.4, 0.5) is 5.69 Å². The van der Waals surface area contributed by atoms with Crippen molar-refractivity contribution < 1.29 is 9.72 Å². The van der Waals surface area contributed by atoms with Gasteiger partial charge >= 0.3 is 0 Å². The summed E-state index contributed by atoms with van der Waals surface area (Å²) in [7, 11) is 1.73. The second-order valence-electron chi connectivity index (χ2n) is 5.25. The Hall–Kier alpha value is -3.53. The van der Waals surface area contributed by atoms with Crippen molar-refractivity contribution in [2.45, 2.75) is 5.92 Å². The highest BCUT2D eigenvalue weighted by molar-refractivity contribution is 6.03. The number of non-ortho nitro benzene ring substituents is 1. The van der Waals surface area contributed by atoms with Gasteiger partial charge in [0, 0.05) is 24.7 Å². The average molecular weight is 320 g/mol. The monoisotopic (exact) mass is 320 g/mol. The van der Waals surface area contributed by atoms with Crippen molar-refractivity contribution in [1.82, 2.24) is 9.55 Å². The van der Waals surface area contributed by atoms with Crippen LogP contribution in [0.25, 0.3) is 11.0 Å². The predicted octanol–water partition coefficient (Wildman–Crippen LogP) is 2.97. The SMILES string of the molecule is Cn1c(C(C#N)C(=O)c2cccc([N+](=O)[O-])c2)nc2ccccc21. The summed E-state index contributed by atoms with van der Waals surface area (Å²) in [6.07, 6.45) is 0. The van der Waals surface area contributed by atoms with Crippen LogP contribution in [0.15, 0.2) is 48.5 Å². The molecule has 2 aromatic carbocycles. The molecule has 1 atom stereocenters. The van der Waals surface area contributed by atoms with Gasteiger partial charge in [0.2, 0.25) is 0 Å². The molecule has 0 spiro atoms. The molecule has 1 unspecified atom stereocenters. The van der Waals surface area contributed by atoms with Gasteiger partial charge < -0.3 is 4.57 Å². The summed E-state index contributed by atoms with van der Waals surface area (Å²) in [5.41, 5.74) is 1.41. The number of ketones is 1. The number of aryl methyl sites for hydroxylation is 1. The molecular weight excluding hydrogens is 308 g/mol. The number of nitriles is 1. The number of Topliss-reactive ketones (excluding diaryl/α,β-unsaturated/α-hetero) is 1. The molecule has 0 amide bonds. The first kappa shape index (κ1) is 15.4. The molecule has 7 heteroatoms. The minimum absolute atomic E-state index is 0.114. The van der Waals surface area contributed by atoms with Crippen LogP contribution >= 0.6 is 0 Å². The first-order valence-electron chi connectivity index (χ1n) is 7.12. The quantitative estimate of drug-likeness (QED) is 0.418. The Morgan fingerprint density at radius 1 is 1.29 bits per heavy atom. The highest BCUT2D eigenvalue weighted by Crippen LogP contribution is 2.25. The number of benzene rings is 2. The maximum atomic E-state index is 12.7. The molecule has 24 heavy (non-hydrogen) atoms. The number of carbonyl (C=O) groups is 1. The first-order valence-corrected chi connectivity index (χ1v) is 7.12. The van der Waals surface area contributed by atoms with Crippen molar-refractivity contribution in [2.75, 3.05) is 0 Å². The van der Waals surface area contributed by atoms with Crippen LogP contribution in [-0.2, 0) is 7.05 Å². The standard InChI is InChI=1S/C17H12N4O3/c1-20-15-8-3-2-7-14(15)19-17(20)13(10-18)16(22)11-5-4-6-12(9-11)21(23)24/h2-9,13H,1H3. The van der Waals surface area contributed by atoms with Crippen molar-refractivity contribution >= 4 is 22.5 Å². The van der Waals surface area contributed by atoms with Crippen LogP contribution in [0.5, 0.6) is 0 Å². The minimum atomic E-state index is -1.13. The molecule has 0 aliphatic rings. The van der Waals surface area contributed by atoms with Gasteiger partial charge in [-0.05, 0) is 12.1 Å². The van der Waals surface area contributed by atoms with E-state index in [1.165, 1.54) is 24.3 Å². The lowest BCUT2D eigenvalue weighted by Crippen LogP contribution is -2.15. The highest BCUT2D eigenvalue weighted by Gasteiger charge is 2.27. The Labute approximate surface area is 136 Å². The molecule has 3 aromatic rings. The molecule has 1 heterocycles. The fourth-order valence-corrected chi connectivity index (χ4v) is 2.60. The van der Waals surface area contributed by atoms with E-state index in [-0.39, 0.29) is 11.3 Å². The van der Waals surface area contributed by atoms with Gasteiger partial charge in [-0.3, -0.25) is 14.9 Å². The normalized spacial score (nSPS) is 11.8. The third kappa shape index (κ3) is 2.50. The molecule has 0 radical (unpaired) electrons. The van der Waals surface area contributed by atoms with Crippen molar-refractivity contribution in [3.8, 4) is 6.07 Å². The van der Waals surface area contributed by atoms with Gasteiger partial charge in [0.05, 0.1) is 22.0 Å². The molecule has 0 N–H and O–H groups in total. The van der Waals surface area contributed by atoms with E-state index in [4.69, 9.17) is 0 Å². The van der Waals surface area contributed by atoms with Gasteiger partial charge in [0.25, 0.3) is 5.69 Å². The van der Waals surface area contributed by atoms with E-state index >= 15 is 0 Å². The smallest absolute Gasteiger partial charge is 0.270 e. The Kier molecular flexibility index (Phi) is 3.80. The molecule has 0 aliphatic carbocycles. The summed E-state index contributed by atoms with van der Waals surface area (Å²) in [6.45, 7) is 0. The van der Waals surface area contributed by atoms with Gasteiger partial charge in [0.1, 0.15) is 5.82 Å². The summed E-state index contributed by atoms with van der Waals surface area (Å²) in [6, 6.07) is 14.6. The van der Waals surface area contributed by atoms with Gasteiger partial charge in [0.15, 0.2) is 11.7 Å². The molecule has 0 saturated heterocycles. The Morgan fingerprint density at radius 3 is 2.71 bits per heavy atom. The summed E-state index contributed by atoms with van der Waals surface area (Å²) in [4.78, 5) is 27.3. The van der Waals surface area contributed by atoms with Crippen LogP contribution < -0.4 is 0 Å². The number of imidazole rings is 1. The van der Waals surface area contributed by atoms with Gasteiger partial charge in [-0.2, -0.15) is 5.26 Å². The minimum Gasteiger partial charge on any atom is -0.330 e. The van der Waals surface area contributed by atoms with Crippen molar-refractivity contribution in [3.05, 3.63) is 70.0 Å². The molecule has 1 aromatic heterocycles. The summed E-state index contributed by atoms with van der Waals surface area (Å²) in [5, 5.41) is 20.4. The van der Waals surface area contributed by atoms with Crippen LogP contribution in [0, 0.1) is 21.4 Å². The van der Waals surface area contributed by atoms with E-state index in [1.54, 1.807) is 17.7 Å². The van der Waals surface area contributed by atoms with Crippen LogP contribution in [0.1, 0.15) is 22.1 Å². The van der Waals surface area contributed by atoms with Gasteiger partial charge in [-0.1, -0.05) is 24.3 Å². The molecule has 0 bridgehead atoms. The number of nitrogens with zero attached hydrogens (tertiary/aromatic N) is 4. The van der Waals surface area contributed by atoms with E-state index in [2.05, 4.69) is 4.98 Å². The molecular formula is C17H12N4O3. The van der Waals surface area contributed by atoms with Gasteiger partial charge in [-0.15, -0.1) is 0 Å². The molecule has 0 fully saturated rings. The summed E-state index contributed by atoms with van der Waals surface area (Å²) < 4.78 is 1.69. The average Bonchev–Trinajstić information content (AvgIpc) is 2.93. The van der Waals surface area contributed by atoms with Crippen molar-refractivity contribution in [2.24, 2.45) is 7.05 Å². The third-order valence-electron chi connectivity index (χ3n) is 3.81. The second-order valence-corrected chi connectivity index (χ2v) is 5.25. The van der Waals surface area contributed by atoms with Crippen molar-refractivity contribution in [3.63, 3.8) is 0 Å². The molecule has 118 valence electrons. The Morgan fingerprint density at radius 2 is 2.04 bits per heavy atom. The number of para-hydroxylation sites is 2. The van der Waals surface area contributed by atoms with Crippen LogP contribution in [-0.4, -0.2) is 20.3 Å². The maximum absolute atomic E-state index is 12.7. The predicted molar refractivity (Wildman–Crippen MR) is 86.5 cm³/mol. The van der Waals surface area contributed by atoms with Crippen molar-refractivity contribution in [1.29, 1.82) is 5.26 Å². The van der Waals surface area contributed by atoms with Crippen LogP contribution in [0.2, 0.25) is 0 Å². The molecule has 3 rings (SSSR count). The topological polar surface area (TPSA) is 102 Å². The summed E-state index contributed by atoms with van der Waals surface area (Å²) >= 11 is 0. The Balaban J connectivity index is 2.06. The number of aromatic nitrogens is 2. The van der Waals surface area contributed by atoms with E-state index in [1.807, 2.05) is 24.3 Å². The maximum Gasteiger partial charge on any atom is 0.270 e. The van der Waals surface area contributed by atoms with E-state index < -0.39 is 16.6 Å². The van der Waals surface area contributed by atoms with E-state index in [0.717, 1.165) is 5.52 Å². The number of rotatable bonds is 4. The fraction of sp³-hybridized carbons (Fsp3) is 0.118. The lowest BCUT2D eigenvalue weighted by atomic mass is 9.97. The summed E-state index contributed by atoms with van der Waals surface area (Å²) in [5.74, 6) is -1.33. The third-order valence-corrected chi connectivity index (χ3v) is 3.81. The zero-order valence-electron chi connectivity index (χ0n) is 12.7. The van der Waals surface area contributed by atoms with E-state index in [9.17, 15) is 20.2 Å². The number of nitro benzene ring substituents is 1. The highest BCUT2D eigenvalue weighted by atomic mass is 16.6. The molecule has 0 saturated carbocycles. The fourth-order valence-electron chi connectivity index (χ4n) is 2.60. The number of hydrogen-bond donors (Lipinski definition) is 0.